The monoisotopic (exact) mass is 456 g/mol. The normalized spacial score (nSPS) is 26.1. The number of carbonyl (C=O) groups is 2. The van der Waals surface area contributed by atoms with Crippen LogP contribution < -0.4 is 0 Å². The van der Waals surface area contributed by atoms with E-state index in [0.29, 0.717) is 0 Å². The maximum Gasteiger partial charge on any atom is 0.254 e. The van der Waals surface area contributed by atoms with Gasteiger partial charge in [-0.1, -0.05) is 76.6 Å². The molecule has 0 saturated carbocycles. The van der Waals surface area contributed by atoms with Crippen LogP contribution in [0.5, 0.6) is 0 Å². The lowest BCUT2D eigenvalue weighted by molar-refractivity contribution is -0.139. The molecular weight excluding hydrogens is 440 g/mol. The van der Waals surface area contributed by atoms with Crippen LogP contribution in [-0.4, -0.2) is 23.0 Å². The molecule has 30 heavy (non-hydrogen) atoms. The first-order valence-corrected chi connectivity index (χ1v) is 10.8. The van der Waals surface area contributed by atoms with Gasteiger partial charge in [0.05, 0.1) is 18.1 Å². The van der Waals surface area contributed by atoms with Gasteiger partial charge in [-0.2, -0.15) is 10.1 Å². The SMILES string of the molecule is O=C1[C@@H]2C3c4ccccc4C(c4ccccc43)[C@@H]2C(=O)N1/N=C\c1cccc(Br)c1. The molecule has 2 bridgehead atoms. The van der Waals surface area contributed by atoms with Crippen molar-refractivity contribution >= 4 is 34.0 Å². The third-order valence-electron chi connectivity index (χ3n) is 6.60. The molecule has 4 aliphatic rings. The number of nitrogens with zero attached hydrogens (tertiary/aromatic N) is 2. The predicted molar refractivity (Wildman–Crippen MR) is 117 cm³/mol. The number of hydrogen-bond acceptors (Lipinski definition) is 3. The minimum atomic E-state index is -0.396. The fraction of sp³-hybridized carbons (Fsp3) is 0.160. The van der Waals surface area contributed by atoms with Crippen LogP contribution in [0.1, 0.15) is 39.7 Å². The van der Waals surface area contributed by atoms with Gasteiger partial charge < -0.3 is 0 Å². The molecule has 1 heterocycles. The molecular formula is C25H17BrN2O2. The van der Waals surface area contributed by atoms with E-state index >= 15 is 0 Å². The average molecular weight is 457 g/mol. The zero-order valence-corrected chi connectivity index (χ0v) is 17.5. The molecule has 1 fully saturated rings. The number of benzene rings is 3. The Balaban J connectivity index is 1.46. The van der Waals surface area contributed by atoms with Gasteiger partial charge in [-0.15, -0.1) is 0 Å². The van der Waals surface area contributed by atoms with E-state index in [2.05, 4.69) is 45.3 Å². The second-order valence-electron chi connectivity index (χ2n) is 8.05. The van der Waals surface area contributed by atoms with Gasteiger partial charge >= 0.3 is 0 Å². The van der Waals surface area contributed by atoms with E-state index in [1.807, 2.05) is 48.5 Å². The van der Waals surface area contributed by atoms with Crippen LogP contribution in [0, 0.1) is 11.8 Å². The van der Waals surface area contributed by atoms with Crippen LogP contribution in [-0.2, 0) is 9.59 Å². The van der Waals surface area contributed by atoms with Gasteiger partial charge in [0.1, 0.15) is 0 Å². The van der Waals surface area contributed by atoms with E-state index < -0.39 is 11.8 Å². The molecule has 0 spiro atoms. The fourth-order valence-corrected chi connectivity index (χ4v) is 5.90. The van der Waals surface area contributed by atoms with Gasteiger partial charge in [0.2, 0.25) is 0 Å². The summed E-state index contributed by atoms with van der Waals surface area (Å²) in [6.45, 7) is 0. The molecule has 146 valence electrons. The Labute approximate surface area is 182 Å². The molecule has 7 rings (SSSR count). The molecule has 0 unspecified atom stereocenters. The van der Waals surface area contributed by atoms with Crippen molar-refractivity contribution in [3.05, 3.63) is 105 Å². The molecule has 0 aromatic heterocycles. The molecule has 3 aromatic carbocycles. The summed E-state index contributed by atoms with van der Waals surface area (Å²) in [5.74, 6) is -1.39. The summed E-state index contributed by atoms with van der Waals surface area (Å²) in [4.78, 5) is 26.9. The molecule has 2 atom stereocenters. The van der Waals surface area contributed by atoms with Crippen LogP contribution in [0.25, 0.3) is 0 Å². The minimum absolute atomic E-state index is 0.102. The first-order chi connectivity index (χ1) is 14.6. The molecule has 0 radical (unpaired) electrons. The second-order valence-corrected chi connectivity index (χ2v) is 8.97. The van der Waals surface area contributed by atoms with Gasteiger partial charge in [0.25, 0.3) is 11.8 Å². The summed E-state index contributed by atoms with van der Waals surface area (Å²) in [6.07, 6.45) is 1.58. The highest BCUT2D eigenvalue weighted by molar-refractivity contribution is 9.10. The first-order valence-electron chi connectivity index (χ1n) is 10.00. The van der Waals surface area contributed by atoms with E-state index in [-0.39, 0.29) is 23.7 Å². The Morgan fingerprint density at radius 3 is 1.70 bits per heavy atom. The van der Waals surface area contributed by atoms with Crippen LogP contribution in [0.15, 0.2) is 82.4 Å². The van der Waals surface area contributed by atoms with Crippen LogP contribution in [0.2, 0.25) is 0 Å². The number of hydrogen-bond donors (Lipinski definition) is 0. The maximum atomic E-state index is 13.4. The standard InChI is InChI=1S/C25H17BrN2O2/c26-15-7-5-6-14(12-15)13-27-28-24(29)22-20-16-8-1-2-9-17(16)21(23(22)25(28)30)19-11-4-3-10-18(19)20/h1-13,20-23H/b27-13-/t20?,21?,22-,23+. The highest BCUT2D eigenvalue weighted by Crippen LogP contribution is 2.60. The Hall–Kier alpha value is -3.05. The van der Waals surface area contributed by atoms with Gasteiger partial charge in [0, 0.05) is 16.3 Å². The number of carbonyl (C=O) groups excluding carboxylic acids is 2. The predicted octanol–water partition coefficient (Wildman–Crippen LogP) is 4.68. The van der Waals surface area contributed by atoms with Gasteiger partial charge in [-0.25, -0.2) is 0 Å². The van der Waals surface area contributed by atoms with Crippen LogP contribution >= 0.6 is 15.9 Å². The smallest absolute Gasteiger partial charge is 0.254 e. The molecule has 3 aromatic rings. The zero-order chi connectivity index (χ0) is 20.4. The highest BCUT2D eigenvalue weighted by Gasteiger charge is 2.61. The van der Waals surface area contributed by atoms with Crippen LogP contribution in [0.3, 0.4) is 0 Å². The first kappa shape index (κ1) is 17.8. The van der Waals surface area contributed by atoms with Gasteiger partial charge in [-0.05, 0) is 39.9 Å². The quantitative estimate of drug-likeness (QED) is 0.415. The van der Waals surface area contributed by atoms with Crippen LogP contribution in [0.4, 0.5) is 0 Å². The van der Waals surface area contributed by atoms with Crippen molar-refractivity contribution in [2.45, 2.75) is 11.8 Å². The summed E-state index contributed by atoms with van der Waals surface area (Å²) >= 11 is 3.44. The molecule has 5 heteroatoms. The second kappa shape index (κ2) is 6.47. The van der Waals surface area contributed by atoms with Crippen molar-refractivity contribution in [1.29, 1.82) is 0 Å². The summed E-state index contributed by atoms with van der Waals surface area (Å²) in [5.41, 5.74) is 5.50. The summed E-state index contributed by atoms with van der Waals surface area (Å²) in [7, 11) is 0. The molecule has 2 amide bonds. The average Bonchev–Trinajstić information content (AvgIpc) is 3.03. The lowest BCUT2D eigenvalue weighted by atomic mass is 9.55. The maximum absolute atomic E-state index is 13.4. The summed E-state index contributed by atoms with van der Waals surface area (Å²) in [6, 6.07) is 24.1. The minimum Gasteiger partial charge on any atom is -0.272 e. The molecule has 3 aliphatic carbocycles. The van der Waals surface area contributed by atoms with Gasteiger partial charge in [-0.3, -0.25) is 9.59 Å². The Bertz CT molecular complexity index is 1140. The fourth-order valence-electron chi connectivity index (χ4n) is 5.49. The van der Waals surface area contributed by atoms with Crippen molar-refractivity contribution in [2.24, 2.45) is 16.9 Å². The van der Waals surface area contributed by atoms with Gasteiger partial charge in [0.15, 0.2) is 0 Å². The van der Waals surface area contributed by atoms with Crippen molar-refractivity contribution in [3.63, 3.8) is 0 Å². The number of rotatable bonds is 2. The molecule has 1 saturated heterocycles. The van der Waals surface area contributed by atoms with E-state index in [4.69, 9.17) is 0 Å². The Morgan fingerprint density at radius 2 is 1.23 bits per heavy atom. The summed E-state index contributed by atoms with van der Waals surface area (Å²) in [5, 5.41) is 5.44. The highest BCUT2D eigenvalue weighted by atomic mass is 79.9. The van der Waals surface area contributed by atoms with E-state index in [1.165, 1.54) is 22.3 Å². The summed E-state index contributed by atoms with van der Waals surface area (Å²) < 4.78 is 0.920. The number of amides is 2. The molecule has 1 aliphatic heterocycles. The van der Waals surface area contributed by atoms with Crippen molar-refractivity contribution in [3.8, 4) is 0 Å². The van der Waals surface area contributed by atoms with E-state index in [0.717, 1.165) is 15.0 Å². The number of halogens is 1. The zero-order valence-electron chi connectivity index (χ0n) is 15.9. The third-order valence-corrected chi connectivity index (χ3v) is 7.09. The Morgan fingerprint density at radius 1 is 0.733 bits per heavy atom. The lowest BCUT2D eigenvalue weighted by Gasteiger charge is -2.45. The molecule has 4 nitrogen and oxygen atoms in total. The third kappa shape index (κ3) is 2.36. The van der Waals surface area contributed by atoms with E-state index in [9.17, 15) is 9.59 Å². The lowest BCUT2D eigenvalue weighted by Crippen LogP contribution is -2.41. The number of hydrazone groups is 1. The van der Waals surface area contributed by atoms with Crippen molar-refractivity contribution in [1.82, 2.24) is 5.01 Å². The Kier molecular flexibility index (Phi) is 3.84. The molecule has 0 N–H and O–H groups in total. The largest absolute Gasteiger partial charge is 0.272 e. The van der Waals surface area contributed by atoms with Crippen molar-refractivity contribution in [2.75, 3.05) is 0 Å². The van der Waals surface area contributed by atoms with Crippen molar-refractivity contribution < 1.29 is 9.59 Å². The number of imide groups is 1. The topological polar surface area (TPSA) is 49.7 Å². The van der Waals surface area contributed by atoms with E-state index in [1.54, 1.807) is 6.21 Å².